The summed E-state index contributed by atoms with van der Waals surface area (Å²) < 4.78 is 2.34. The van der Waals surface area contributed by atoms with Gasteiger partial charge in [0.1, 0.15) is 3.70 Å². The summed E-state index contributed by atoms with van der Waals surface area (Å²) in [5.41, 5.74) is 0.618. The number of carbonyl (C=O) groups excluding carboxylic acids is 1. The van der Waals surface area contributed by atoms with Crippen LogP contribution in [0.25, 0.3) is 0 Å². The Kier molecular flexibility index (Phi) is 2.96. The zero-order valence-corrected chi connectivity index (χ0v) is 10.5. The normalized spacial score (nSPS) is 21.0. The first-order chi connectivity index (χ1) is 7.08. The molecule has 1 aliphatic rings. The molecule has 0 spiro atoms. The molecule has 1 saturated heterocycles. The van der Waals surface area contributed by atoms with Crippen molar-refractivity contribution in [3.63, 3.8) is 0 Å². The van der Waals surface area contributed by atoms with Crippen molar-refractivity contribution in [2.45, 2.75) is 12.5 Å². The quantitative estimate of drug-likeness (QED) is 0.754. The van der Waals surface area contributed by atoms with Crippen LogP contribution in [0.5, 0.6) is 0 Å². The van der Waals surface area contributed by atoms with Crippen molar-refractivity contribution in [1.29, 1.82) is 0 Å². The van der Waals surface area contributed by atoms with E-state index in [1.165, 1.54) is 0 Å². The van der Waals surface area contributed by atoms with E-state index < -0.39 is 0 Å². The van der Waals surface area contributed by atoms with Crippen LogP contribution in [-0.4, -0.2) is 44.9 Å². The van der Waals surface area contributed by atoms with E-state index in [0.29, 0.717) is 28.8 Å². The second-order valence-corrected chi connectivity index (χ2v) is 4.72. The molecule has 0 radical (unpaired) electrons. The third-order valence-electron chi connectivity index (χ3n) is 2.46. The summed E-state index contributed by atoms with van der Waals surface area (Å²) >= 11 is 2.05. The largest absolute Gasteiger partial charge is 0.391 e. The maximum atomic E-state index is 12.0. The molecule has 1 atom stereocenters. The molecule has 5 nitrogen and oxygen atoms in total. The number of rotatable bonds is 1. The van der Waals surface area contributed by atoms with E-state index >= 15 is 0 Å². The van der Waals surface area contributed by atoms with Crippen LogP contribution in [0.3, 0.4) is 0 Å². The fraction of sp³-hybridized carbons (Fsp3) is 0.556. The minimum absolute atomic E-state index is 0.0379. The minimum atomic E-state index is -0.372. The van der Waals surface area contributed by atoms with Crippen molar-refractivity contribution in [2.24, 2.45) is 7.05 Å². The number of hydrogen-bond donors (Lipinski definition) is 1. The van der Waals surface area contributed by atoms with Gasteiger partial charge in [0.15, 0.2) is 0 Å². The zero-order valence-electron chi connectivity index (χ0n) is 8.35. The van der Waals surface area contributed by atoms with E-state index in [1.54, 1.807) is 22.8 Å². The molecule has 2 heterocycles. The predicted octanol–water partition coefficient (Wildman–Crippen LogP) is 0.232. The number of likely N-dealkylation sites (tertiary alicyclic amines) is 1. The van der Waals surface area contributed by atoms with Crippen molar-refractivity contribution in [2.75, 3.05) is 13.1 Å². The topological polar surface area (TPSA) is 58.4 Å². The second-order valence-electron chi connectivity index (χ2n) is 3.70. The SMILES string of the molecule is Cn1cc(C(=O)N2CC[C@@H](O)C2)c(I)n1. The van der Waals surface area contributed by atoms with E-state index in [2.05, 4.69) is 5.10 Å². The summed E-state index contributed by atoms with van der Waals surface area (Å²) in [7, 11) is 1.79. The van der Waals surface area contributed by atoms with Crippen LogP contribution in [-0.2, 0) is 7.05 Å². The number of aliphatic hydroxyl groups excluding tert-OH is 1. The molecule has 1 aliphatic heterocycles. The Labute approximate surface area is 101 Å². The lowest BCUT2D eigenvalue weighted by molar-refractivity contribution is 0.0764. The van der Waals surface area contributed by atoms with Gasteiger partial charge in [0, 0.05) is 26.3 Å². The number of β-amino-alcohol motifs (C(OH)–C–C–N with tert-alkyl or cyclic N) is 1. The summed E-state index contributed by atoms with van der Waals surface area (Å²) in [6, 6.07) is 0. The number of aliphatic hydroxyl groups is 1. The molecule has 2 rings (SSSR count). The van der Waals surface area contributed by atoms with Crippen LogP contribution >= 0.6 is 22.6 Å². The Hall–Kier alpha value is -0.630. The van der Waals surface area contributed by atoms with Gasteiger partial charge in [0.05, 0.1) is 11.7 Å². The van der Waals surface area contributed by atoms with Crippen molar-refractivity contribution in [3.8, 4) is 0 Å². The van der Waals surface area contributed by atoms with Gasteiger partial charge in [-0.05, 0) is 29.0 Å². The van der Waals surface area contributed by atoms with E-state index in [0.717, 1.165) is 0 Å². The summed E-state index contributed by atoms with van der Waals surface area (Å²) in [4.78, 5) is 13.7. The number of amides is 1. The third kappa shape index (κ3) is 2.15. The maximum absolute atomic E-state index is 12.0. The Balaban J connectivity index is 2.17. The van der Waals surface area contributed by atoms with Gasteiger partial charge < -0.3 is 10.0 Å². The van der Waals surface area contributed by atoms with E-state index in [-0.39, 0.29) is 12.0 Å². The lowest BCUT2D eigenvalue weighted by Crippen LogP contribution is -2.29. The Morgan fingerprint density at radius 1 is 1.73 bits per heavy atom. The summed E-state index contributed by atoms with van der Waals surface area (Å²) in [6.45, 7) is 1.06. The van der Waals surface area contributed by atoms with Crippen molar-refractivity contribution < 1.29 is 9.90 Å². The molecule has 0 aliphatic carbocycles. The van der Waals surface area contributed by atoms with Crippen LogP contribution in [0.1, 0.15) is 16.8 Å². The molecule has 1 amide bonds. The fourth-order valence-corrected chi connectivity index (χ4v) is 2.41. The van der Waals surface area contributed by atoms with Gasteiger partial charge in [-0.1, -0.05) is 0 Å². The van der Waals surface area contributed by atoms with E-state index in [9.17, 15) is 9.90 Å². The lowest BCUT2D eigenvalue weighted by atomic mass is 10.3. The van der Waals surface area contributed by atoms with Crippen molar-refractivity contribution >= 4 is 28.5 Å². The zero-order chi connectivity index (χ0) is 11.0. The summed E-state index contributed by atoms with van der Waals surface area (Å²) in [5, 5.41) is 13.5. The second kappa shape index (κ2) is 4.09. The van der Waals surface area contributed by atoms with Gasteiger partial charge >= 0.3 is 0 Å². The smallest absolute Gasteiger partial charge is 0.258 e. The van der Waals surface area contributed by atoms with Crippen molar-refractivity contribution in [3.05, 3.63) is 15.5 Å². The standard InChI is InChI=1S/C9H12IN3O2/c1-12-5-7(8(10)11-12)9(15)13-3-2-6(14)4-13/h5-6,14H,2-4H2,1H3/t6-/m1/s1. The molecule has 15 heavy (non-hydrogen) atoms. The van der Waals surface area contributed by atoms with Gasteiger partial charge in [-0.3, -0.25) is 9.48 Å². The molecular formula is C9H12IN3O2. The van der Waals surface area contributed by atoms with Gasteiger partial charge in [-0.2, -0.15) is 5.10 Å². The number of halogens is 1. The highest BCUT2D eigenvalue weighted by atomic mass is 127. The van der Waals surface area contributed by atoms with Crippen LogP contribution in [0, 0.1) is 3.70 Å². The van der Waals surface area contributed by atoms with Gasteiger partial charge in [0.25, 0.3) is 5.91 Å². The van der Waals surface area contributed by atoms with Gasteiger partial charge in [0.2, 0.25) is 0 Å². The number of aryl methyl sites for hydroxylation is 1. The average molecular weight is 321 g/mol. The third-order valence-corrected chi connectivity index (χ3v) is 3.26. The Morgan fingerprint density at radius 2 is 2.47 bits per heavy atom. The number of carbonyl (C=O) groups is 1. The first-order valence-electron chi connectivity index (χ1n) is 4.74. The van der Waals surface area contributed by atoms with Crippen molar-refractivity contribution in [1.82, 2.24) is 14.7 Å². The van der Waals surface area contributed by atoms with Crippen LogP contribution in [0.4, 0.5) is 0 Å². The maximum Gasteiger partial charge on any atom is 0.258 e. The van der Waals surface area contributed by atoms with Crippen LogP contribution in [0.2, 0.25) is 0 Å². The van der Waals surface area contributed by atoms with Gasteiger partial charge in [-0.15, -0.1) is 0 Å². The number of hydrogen-bond acceptors (Lipinski definition) is 3. The average Bonchev–Trinajstić information content (AvgIpc) is 2.71. The fourth-order valence-electron chi connectivity index (χ4n) is 1.70. The molecule has 0 unspecified atom stereocenters. The van der Waals surface area contributed by atoms with Gasteiger partial charge in [-0.25, -0.2) is 0 Å². The Morgan fingerprint density at radius 3 is 2.93 bits per heavy atom. The number of aromatic nitrogens is 2. The van der Waals surface area contributed by atoms with E-state index in [1.807, 2.05) is 22.6 Å². The first-order valence-corrected chi connectivity index (χ1v) is 5.82. The highest BCUT2D eigenvalue weighted by Gasteiger charge is 2.27. The molecular weight excluding hydrogens is 309 g/mol. The Bertz CT molecular complexity index is 391. The predicted molar refractivity (Wildman–Crippen MR) is 62.5 cm³/mol. The van der Waals surface area contributed by atoms with Crippen LogP contribution in [0.15, 0.2) is 6.20 Å². The monoisotopic (exact) mass is 321 g/mol. The van der Waals surface area contributed by atoms with Crippen LogP contribution < -0.4 is 0 Å². The summed E-state index contributed by atoms with van der Waals surface area (Å²) in [6.07, 6.45) is 2.01. The molecule has 0 aromatic carbocycles. The molecule has 1 aromatic rings. The lowest BCUT2D eigenvalue weighted by Gasteiger charge is -2.14. The molecule has 0 bridgehead atoms. The molecule has 6 heteroatoms. The molecule has 1 fully saturated rings. The van der Waals surface area contributed by atoms with E-state index in [4.69, 9.17) is 0 Å². The highest BCUT2D eigenvalue weighted by Crippen LogP contribution is 2.16. The number of nitrogens with zero attached hydrogens (tertiary/aromatic N) is 3. The molecule has 82 valence electrons. The highest BCUT2D eigenvalue weighted by molar-refractivity contribution is 14.1. The summed E-state index contributed by atoms with van der Waals surface area (Å²) in [5.74, 6) is -0.0379. The first kappa shape index (κ1) is 10.9. The minimum Gasteiger partial charge on any atom is -0.391 e. The molecule has 1 N–H and O–H groups in total. The molecule has 1 aromatic heterocycles. The molecule has 0 saturated carbocycles.